The smallest absolute Gasteiger partial charge is 0.367 e. The second-order valence-electron chi connectivity index (χ2n) is 6.42. The zero-order valence-electron chi connectivity index (χ0n) is 14.5. The van der Waals surface area contributed by atoms with Crippen LogP contribution in [0, 0.1) is 6.92 Å². The first-order valence-corrected chi connectivity index (χ1v) is 9.41. The average Bonchev–Trinajstić information content (AvgIpc) is 3.11. The van der Waals surface area contributed by atoms with Crippen LogP contribution in [0.2, 0.25) is 0 Å². The molecule has 4 heterocycles. The summed E-state index contributed by atoms with van der Waals surface area (Å²) >= 11 is 1.56. The Hall–Kier alpha value is -2.49. The minimum Gasteiger partial charge on any atom is -0.367 e. The number of piperidine rings is 1. The van der Waals surface area contributed by atoms with Crippen LogP contribution in [0.5, 0.6) is 0 Å². The number of nitrogens with zero attached hydrogens (tertiary/aromatic N) is 5. The number of alkyl halides is 3. The van der Waals surface area contributed by atoms with Gasteiger partial charge in [0.2, 0.25) is 0 Å². The first kappa shape index (κ1) is 17.9. The Balaban J connectivity index is 1.45. The molecule has 27 heavy (non-hydrogen) atoms. The Labute approximate surface area is 157 Å². The minimum absolute atomic E-state index is 0.126. The van der Waals surface area contributed by atoms with E-state index in [0.717, 1.165) is 34.9 Å². The molecule has 10 heteroatoms. The summed E-state index contributed by atoms with van der Waals surface area (Å²) in [6.07, 6.45) is -1.38. The number of fused-ring (bicyclic) bond motifs is 1. The molecule has 1 N–H and O–H groups in total. The van der Waals surface area contributed by atoms with Crippen LogP contribution in [0.4, 0.5) is 24.8 Å². The predicted octanol–water partition coefficient (Wildman–Crippen LogP) is 3.89. The molecule has 0 aliphatic carbocycles. The van der Waals surface area contributed by atoms with Crippen LogP contribution in [-0.4, -0.2) is 39.1 Å². The van der Waals surface area contributed by atoms with Crippen LogP contribution in [0.15, 0.2) is 23.8 Å². The normalized spacial score (nSPS) is 16.1. The lowest BCUT2D eigenvalue weighted by atomic mass is 10.0. The van der Waals surface area contributed by atoms with Gasteiger partial charge in [0.25, 0.3) is 0 Å². The van der Waals surface area contributed by atoms with E-state index in [1.54, 1.807) is 17.7 Å². The van der Waals surface area contributed by atoms with Crippen molar-refractivity contribution in [1.82, 2.24) is 19.9 Å². The second-order valence-corrected chi connectivity index (χ2v) is 7.32. The highest BCUT2D eigenvalue weighted by molar-refractivity contribution is 7.16. The largest absolute Gasteiger partial charge is 0.433 e. The molecular formula is C17H17F3N6S. The second kappa shape index (κ2) is 6.91. The molecule has 0 aromatic carbocycles. The summed E-state index contributed by atoms with van der Waals surface area (Å²) in [5.41, 5.74) is -0.897. The van der Waals surface area contributed by atoms with Gasteiger partial charge in [-0.05, 0) is 31.2 Å². The summed E-state index contributed by atoms with van der Waals surface area (Å²) in [7, 11) is 0. The summed E-state index contributed by atoms with van der Waals surface area (Å²) in [5.74, 6) is 1.26. The topological polar surface area (TPSA) is 66.8 Å². The number of rotatable bonds is 3. The summed E-state index contributed by atoms with van der Waals surface area (Å²) in [6.45, 7) is 2.71. The van der Waals surface area contributed by atoms with Crippen LogP contribution in [-0.2, 0) is 6.18 Å². The lowest BCUT2D eigenvalue weighted by Crippen LogP contribution is -2.40. The fraction of sp³-hybridized carbons (Fsp3) is 0.412. The van der Waals surface area contributed by atoms with Gasteiger partial charge in [-0.2, -0.15) is 13.2 Å². The van der Waals surface area contributed by atoms with E-state index in [2.05, 4.69) is 25.3 Å². The third-order valence-electron chi connectivity index (χ3n) is 4.54. The molecule has 1 aliphatic rings. The van der Waals surface area contributed by atoms with Crippen LogP contribution >= 0.6 is 11.3 Å². The van der Waals surface area contributed by atoms with E-state index < -0.39 is 11.9 Å². The van der Waals surface area contributed by atoms with E-state index in [-0.39, 0.29) is 11.9 Å². The number of anilines is 2. The lowest BCUT2D eigenvalue weighted by molar-refractivity contribution is -0.141. The van der Waals surface area contributed by atoms with Crippen molar-refractivity contribution in [3.8, 4) is 0 Å². The van der Waals surface area contributed by atoms with Gasteiger partial charge in [-0.15, -0.1) is 11.3 Å². The quantitative estimate of drug-likeness (QED) is 0.727. The van der Waals surface area contributed by atoms with Crippen molar-refractivity contribution in [3.05, 3.63) is 35.4 Å². The van der Waals surface area contributed by atoms with Crippen molar-refractivity contribution < 1.29 is 13.2 Å². The molecule has 0 unspecified atom stereocenters. The minimum atomic E-state index is -4.47. The Bertz CT molecular complexity index is 949. The molecular weight excluding hydrogens is 377 g/mol. The fourth-order valence-electron chi connectivity index (χ4n) is 3.21. The van der Waals surface area contributed by atoms with Gasteiger partial charge >= 0.3 is 6.18 Å². The zero-order valence-corrected chi connectivity index (χ0v) is 15.3. The van der Waals surface area contributed by atoms with Gasteiger partial charge in [0.05, 0.1) is 5.39 Å². The molecule has 4 rings (SSSR count). The lowest BCUT2D eigenvalue weighted by Gasteiger charge is -2.33. The Morgan fingerprint density at radius 1 is 1.19 bits per heavy atom. The number of nitrogens with one attached hydrogen (secondary N) is 1. The zero-order chi connectivity index (χ0) is 19.0. The highest BCUT2D eigenvalue weighted by atomic mass is 32.1. The SMILES string of the molecule is Cc1nc(N2CCC(Nc3ncnc4sccc34)CC2)cc(C(F)(F)F)n1. The van der Waals surface area contributed by atoms with E-state index in [0.29, 0.717) is 18.9 Å². The van der Waals surface area contributed by atoms with Gasteiger partial charge in [0.1, 0.15) is 34.3 Å². The number of aryl methyl sites for hydroxylation is 1. The van der Waals surface area contributed by atoms with Crippen LogP contribution in [0.3, 0.4) is 0 Å². The van der Waals surface area contributed by atoms with E-state index in [4.69, 9.17) is 0 Å². The molecule has 1 saturated heterocycles. The summed E-state index contributed by atoms with van der Waals surface area (Å²) in [5, 5.41) is 6.41. The van der Waals surface area contributed by atoms with E-state index in [1.165, 1.54) is 6.92 Å². The van der Waals surface area contributed by atoms with Gasteiger partial charge in [0.15, 0.2) is 0 Å². The van der Waals surface area contributed by atoms with Crippen LogP contribution < -0.4 is 10.2 Å². The molecule has 0 amide bonds. The Morgan fingerprint density at radius 3 is 2.70 bits per heavy atom. The molecule has 3 aromatic heterocycles. The molecule has 142 valence electrons. The number of aromatic nitrogens is 4. The van der Waals surface area contributed by atoms with Crippen molar-refractivity contribution >= 4 is 33.2 Å². The average molecular weight is 394 g/mol. The Kier molecular flexibility index (Phi) is 4.58. The fourth-order valence-corrected chi connectivity index (χ4v) is 3.94. The molecule has 0 spiro atoms. The standard InChI is InChI=1S/C17H17F3N6S/c1-10-23-13(17(18,19)20)8-14(24-10)26-5-2-11(3-6-26)25-15-12-4-7-27-16(12)22-9-21-15/h4,7-9,11H,2-3,5-6H2,1H3,(H,21,22,25). The number of thiophene rings is 1. The maximum Gasteiger partial charge on any atom is 0.433 e. The van der Waals surface area contributed by atoms with E-state index in [1.807, 2.05) is 16.3 Å². The van der Waals surface area contributed by atoms with Crippen LogP contribution in [0.1, 0.15) is 24.4 Å². The Morgan fingerprint density at radius 2 is 1.96 bits per heavy atom. The van der Waals surface area contributed by atoms with Crippen molar-refractivity contribution in [1.29, 1.82) is 0 Å². The van der Waals surface area contributed by atoms with Crippen molar-refractivity contribution in [3.63, 3.8) is 0 Å². The monoisotopic (exact) mass is 394 g/mol. The maximum atomic E-state index is 13.0. The highest BCUT2D eigenvalue weighted by Gasteiger charge is 2.34. The molecule has 1 fully saturated rings. The number of hydrogen-bond acceptors (Lipinski definition) is 7. The van der Waals surface area contributed by atoms with Crippen molar-refractivity contribution in [2.24, 2.45) is 0 Å². The number of hydrogen-bond donors (Lipinski definition) is 1. The van der Waals surface area contributed by atoms with Gasteiger partial charge in [-0.3, -0.25) is 0 Å². The van der Waals surface area contributed by atoms with Gasteiger partial charge in [-0.25, -0.2) is 19.9 Å². The molecule has 0 bridgehead atoms. The molecule has 6 nitrogen and oxygen atoms in total. The molecule has 3 aromatic rings. The molecule has 1 aliphatic heterocycles. The van der Waals surface area contributed by atoms with Crippen molar-refractivity contribution in [2.45, 2.75) is 32.0 Å². The van der Waals surface area contributed by atoms with Crippen LogP contribution in [0.25, 0.3) is 10.2 Å². The maximum absolute atomic E-state index is 13.0. The van der Waals surface area contributed by atoms with Crippen molar-refractivity contribution in [2.75, 3.05) is 23.3 Å². The van der Waals surface area contributed by atoms with Gasteiger partial charge in [-0.1, -0.05) is 0 Å². The van der Waals surface area contributed by atoms with Gasteiger partial charge in [0, 0.05) is 25.2 Å². The third kappa shape index (κ3) is 3.80. The first-order chi connectivity index (χ1) is 12.9. The number of halogens is 3. The predicted molar refractivity (Wildman–Crippen MR) is 98.0 cm³/mol. The summed E-state index contributed by atoms with van der Waals surface area (Å²) in [4.78, 5) is 19.1. The summed E-state index contributed by atoms with van der Waals surface area (Å²) in [6, 6.07) is 3.21. The molecule has 0 radical (unpaired) electrons. The van der Waals surface area contributed by atoms with E-state index >= 15 is 0 Å². The molecule has 0 saturated carbocycles. The van der Waals surface area contributed by atoms with Gasteiger partial charge < -0.3 is 10.2 Å². The summed E-state index contributed by atoms with van der Waals surface area (Å²) < 4.78 is 39.0. The van der Waals surface area contributed by atoms with E-state index in [9.17, 15) is 13.2 Å². The first-order valence-electron chi connectivity index (χ1n) is 8.53. The molecule has 0 atom stereocenters. The third-order valence-corrected chi connectivity index (χ3v) is 5.36. The highest BCUT2D eigenvalue weighted by Crippen LogP contribution is 2.31.